The number of rotatable bonds is 4. The van der Waals surface area contributed by atoms with E-state index in [0.717, 1.165) is 11.1 Å². The van der Waals surface area contributed by atoms with Crippen LogP contribution in [0.1, 0.15) is 21.5 Å². The quantitative estimate of drug-likeness (QED) is 0.435. The molecule has 0 fully saturated rings. The molecular weight excluding hydrogens is 380 g/mol. The number of ether oxygens (including phenoxy) is 2. The summed E-state index contributed by atoms with van der Waals surface area (Å²) in [4.78, 5) is 26.1. The second kappa shape index (κ2) is 7.87. The zero-order valence-electron chi connectivity index (χ0n) is 16.9. The fourth-order valence-electron chi connectivity index (χ4n) is 3.42. The molecule has 0 unspecified atom stereocenters. The summed E-state index contributed by atoms with van der Waals surface area (Å²) in [7, 11) is 1.57. The number of benzene rings is 3. The molecule has 0 atom stereocenters. The smallest absolute Gasteiger partial charge is 0.343 e. The van der Waals surface area contributed by atoms with Crippen LogP contribution in [0.3, 0.4) is 0 Å². The molecule has 1 aromatic heterocycles. The summed E-state index contributed by atoms with van der Waals surface area (Å²) in [6.07, 6.45) is 0. The molecule has 4 aromatic rings. The van der Waals surface area contributed by atoms with Crippen molar-refractivity contribution >= 4 is 16.9 Å². The number of methoxy groups -OCH3 is 1. The number of hydrogen-bond donors (Lipinski definition) is 0. The summed E-state index contributed by atoms with van der Waals surface area (Å²) in [5.41, 5.74) is 2.74. The highest BCUT2D eigenvalue weighted by Gasteiger charge is 2.22. The van der Waals surface area contributed by atoms with Gasteiger partial charge in [-0.25, -0.2) is 4.79 Å². The Hall–Kier alpha value is -3.86. The Morgan fingerprint density at radius 1 is 0.933 bits per heavy atom. The van der Waals surface area contributed by atoms with E-state index in [1.165, 1.54) is 0 Å². The molecule has 5 nitrogen and oxygen atoms in total. The lowest BCUT2D eigenvalue weighted by Gasteiger charge is -2.12. The van der Waals surface area contributed by atoms with Gasteiger partial charge < -0.3 is 13.9 Å². The minimum Gasteiger partial charge on any atom is -0.497 e. The lowest BCUT2D eigenvalue weighted by molar-refractivity contribution is 0.0731. The van der Waals surface area contributed by atoms with E-state index >= 15 is 0 Å². The SMILES string of the molecule is COc1ccc(-c2oc3cc(C)cc(C)c3c(=O)c2OC(=O)c2ccccc2)cc1. The summed E-state index contributed by atoms with van der Waals surface area (Å²) in [5.74, 6) is 0.107. The van der Waals surface area contributed by atoms with Gasteiger partial charge >= 0.3 is 5.97 Å². The normalized spacial score (nSPS) is 10.8. The van der Waals surface area contributed by atoms with E-state index in [4.69, 9.17) is 13.9 Å². The summed E-state index contributed by atoms with van der Waals surface area (Å²) in [6.45, 7) is 3.77. The first-order chi connectivity index (χ1) is 14.5. The van der Waals surface area contributed by atoms with Crippen LogP contribution in [0.2, 0.25) is 0 Å². The molecule has 0 aliphatic heterocycles. The van der Waals surface area contributed by atoms with Gasteiger partial charge in [-0.15, -0.1) is 0 Å². The Morgan fingerprint density at radius 2 is 1.63 bits per heavy atom. The van der Waals surface area contributed by atoms with Gasteiger partial charge in [0.1, 0.15) is 11.3 Å². The summed E-state index contributed by atoms with van der Waals surface area (Å²) >= 11 is 0. The molecule has 5 heteroatoms. The molecule has 30 heavy (non-hydrogen) atoms. The van der Waals surface area contributed by atoms with Gasteiger partial charge in [-0.05, 0) is 67.4 Å². The van der Waals surface area contributed by atoms with Crippen molar-refractivity contribution in [1.82, 2.24) is 0 Å². The van der Waals surface area contributed by atoms with Crippen LogP contribution >= 0.6 is 0 Å². The van der Waals surface area contributed by atoms with E-state index < -0.39 is 5.97 Å². The third-order valence-electron chi connectivity index (χ3n) is 4.85. The largest absolute Gasteiger partial charge is 0.497 e. The standard InChI is InChI=1S/C25H20O5/c1-15-13-16(2)21-20(14-15)29-23(17-9-11-19(28-3)12-10-17)24(22(21)26)30-25(27)18-7-5-4-6-8-18/h4-14H,1-3H3. The zero-order valence-corrected chi connectivity index (χ0v) is 16.9. The molecule has 0 saturated heterocycles. The van der Waals surface area contributed by atoms with Gasteiger partial charge in [-0.3, -0.25) is 4.79 Å². The molecule has 150 valence electrons. The monoisotopic (exact) mass is 400 g/mol. The molecule has 0 saturated carbocycles. The number of hydrogen-bond acceptors (Lipinski definition) is 5. The Bertz CT molecular complexity index is 1290. The summed E-state index contributed by atoms with van der Waals surface area (Å²) in [6, 6.07) is 19.3. The fourth-order valence-corrected chi connectivity index (χ4v) is 3.42. The van der Waals surface area contributed by atoms with Crippen molar-refractivity contribution in [2.24, 2.45) is 0 Å². The average Bonchev–Trinajstić information content (AvgIpc) is 2.75. The predicted molar refractivity (Wildman–Crippen MR) is 115 cm³/mol. The second-order valence-electron chi connectivity index (χ2n) is 7.03. The lowest BCUT2D eigenvalue weighted by atomic mass is 10.0. The second-order valence-corrected chi connectivity index (χ2v) is 7.03. The Balaban J connectivity index is 1.94. The van der Waals surface area contributed by atoms with E-state index in [1.54, 1.807) is 67.8 Å². The van der Waals surface area contributed by atoms with Crippen LogP contribution < -0.4 is 14.9 Å². The predicted octanol–water partition coefficient (Wildman–Crippen LogP) is 5.30. The Morgan fingerprint density at radius 3 is 2.30 bits per heavy atom. The topological polar surface area (TPSA) is 65.7 Å². The molecular formula is C25H20O5. The lowest BCUT2D eigenvalue weighted by Crippen LogP contribution is -2.16. The van der Waals surface area contributed by atoms with Crippen molar-refractivity contribution in [1.29, 1.82) is 0 Å². The number of aryl methyl sites for hydroxylation is 2. The Labute approximate surface area is 173 Å². The molecule has 3 aromatic carbocycles. The summed E-state index contributed by atoms with van der Waals surface area (Å²) < 4.78 is 16.9. The van der Waals surface area contributed by atoms with Crippen molar-refractivity contribution in [3.05, 3.63) is 93.6 Å². The van der Waals surface area contributed by atoms with Crippen LogP contribution in [0, 0.1) is 13.8 Å². The highest BCUT2D eigenvalue weighted by molar-refractivity contribution is 5.93. The van der Waals surface area contributed by atoms with Crippen LogP contribution in [0.5, 0.6) is 11.5 Å². The molecule has 0 bridgehead atoms. The van der Waals surface area contributed by atoms with Crippen LogP contribution in [-0.4, -0.2) is 13.1 Å². The third-order valence-corrected chi connectivity index (χ3v) is 4.85. The molecule has 0 amide bonds. The molecule has 0 aliphatic carbocycles. The van der Waals surface area contributed by atoms with E-state index in [2.05, 4.69) is 0 Å². The van der Waals surface area contributed by atoms with Gasteiger partial charge in [0.05, 0.1) is 18.1 Å². The highest BCUT2D eigenvalue weighted by Crippen LogP contribution is 2.33. The molecule has 4 rings (SSSR count). The van der Waals surface area contributed by atoms with E-state index in [1.807, 2.05) is 19.9 Å². The van der Waals surface area contributed by atoms with Gasteiger partial charge in [0, 0.05) is 5.56 Å². The van der Waals surface area contributed by atoms with E-state index in [9.17, 15) is 9.59 Å². The first kappa shape index (κ1) is 19.5. The average molecular weight is 400 g/mol. The van der Waals surface area contributed by atoms with Crippen LogP contribution in [0.15, 0.2) is 75.9 Å². The van der Waals surface area contributed by atoms with Crippen molar-refractivity contribution in [2.45, 2.75) is 13.8 Å². The van der Waals surface area contributed by atoms with Crippen molar-refractivity contribution in [2.75, 3.05) is 7.11 Å². The maximum atomic E-state index is 13.4. The van der Waals surface area contributed by atoms with Crippen molar-refractivity contribution < 1.29 is 18.7 Å². The molecule has 0 radical (unpaired) electrons. The van der Waals surface area contributed by atoms with Gasteiger partial charge in [0.15, 0.2) is 5.76 Å². The van der Waals surface area contributed by atoms with E-state index in [0.29, 0.717) is 27.8 Å². The maximum absolute atomic E-state index is 13.4. The van der Waals surface area contributed by atoms with Gasteiger partial charge in [-0.2, -0.15) is 0 Å². The van der Waals surface area contributed by atoms with Gasteiger partial charge in [0.25, 0.3) is 0 Å². The fraction of sp³-hybridized carbons (Fsp3) is 0.120. The van der Waals surface area contributed by atoms with Gasteiger partial charge in [0.2, 0.25) is 11.2 Å². The van der Waals surface area contributed by atoms with Crippen molar-refractivity contribution in [3.63, 3.8) is 0 Å². The molecule has 1 heterocycles. The minimum atomic E-state index is -0.623. The number of fused-ring (bicyclic) bond motifs is 1. The van der Waals surface area contributed by atoms with Crippen LogP contribution in [0.4, 0.5) is 0 Å². The van der Waals surface area contributed by atoms with Crippen LogP contribution in [0.25, 0.3) is 22.3 Å². The molecule has 0 spiro atoms. The zero-order chi connectivity index (χ0) is 21.3. The Kier molecular flexibility index (Phi) is 5.11. The minimum absolute atomic E-state index is 0.131. The van der Waals surface area contributed by atoms with E-state index in [-0.39, 0.29) is 16.9 Å². The van der Waals surface area contributed by atoms with Gasteiger partial charge in [-0.1, -0.05) is 24.3 Å². The highest BCUT2D eigenvalue weighted by atomic mass is 16.5. The number of esters is 1. The number of carbonyl (C=O) groups is 1. The molecule has 0 N–H and O–H groups in total. The first-order valence-corrected chi connectivity index (χ1v) is 9.47. The summed E-state index contributed by atoms with van der Waals surface area (Å²) in [5, 5.41) is 0.397. The van der Waals surface area contributed by atoms with Crippen LogP contribution in [-0.2, 0) is 0 Å². The third kappa shape index (κ3) is 3.57. The first-order valence-electron chi connectivity index (χ1n) is 9.47. The maximum Gasteiger partial charge on any atom is 0.343 e. The number of carbonyl (C=O) groups excluding carboxylic acids is 1. The molecule has 0 aliphatic rings. The van der Waals surface area contributed by atoms with Crippen molar-refractivity contribution in [3.8, 4) is 22.8 Å².